The van der Waals surface area contributed by atoms with Gasteiger partial charge < -0.3 is 19.5 Å². The Hall–Kier alpha value is -1.99. The van der Waals surface area contributed by atoms with E-state index in [1.165, 1.54) is 12.4 Å². The summed E-state index contributed by atoms with van der Waals surface area (Å²) in [7, 11) is -8.83. The first kappa shape index (κ1) is 23.2. The van der Waals surface area contributed by atoms with E-state index in [0.717, 1.165) is 25.9 Å². The van der Waals surface area contributed by atoms with E-state index in [1.807, 2.05) is 0 Å². The maximum absolute atomic E-state index is 13.3. The summed E-state index contributed by atoms with van der Waals surface area (Å²) in [6.07, 6.45) is 4.32. The van der Waals surface area contributed by atoms with Crippen LogP contribution >= 0.6 is 15.0 Å². The monoisotopic (exact) mass is 481 g/mol. The van der Waals surface area contributed by atoms with E-state index in [2.05, 4.69) is 11.6 Å². The molecule has 1 saturated heterocycles. The van der Waals surface area contributed by atoms with Crippen LogP contribution in [0.3, 0.4) is 0 Å². The molecule has 2 N–H and O–H groups in total. The molecule has 2 heterocycles. The van der Waals surface area contributed by atoms with Gasteiger partial charge in [0.05, 0.1) is 0 Å². The van der Waals surface area contributed by atoms with Crippen molar-refractivity contribution in [1.29, 1.82) is 0 Å². The molecule has 0 spiro atoms. The zero-order chi connectivity index (χ0) is 23.0. The summed E-state index contributed by atoms with van der Waals surface area (Å²) in [6.45, 7) is 4.87. The first-order valence-electron chi connectivity index (χ1n) is 10.1. The van der Waals surface area contributed by atoms with Crippen LogP contribution in [0.25, 0.3) is 0 Å². The summed E-state index contributed by atoms with van der Waals surface area (Å²) >= 11 is 0. The van der Waals surface area contributed by atoms with Crippen molar-refractivity contribution >= 4 is 15.0 Å². The Morgan fingerprint density at radius 3 is 2.53 bits per heavy atom. The second-order valence-electron chi connectivity index (χ2n) is 7.94. The van der Waals surface area contributed by atoms with E-state index < -0.39 is 32.8 Å². The van der Waals surface area contributed by atoms with E-state index in [0.29, 0.717) is 16.9 Å². The molecule has 172 valence electrons. The van der Waals surface area contributed by atoms with Crippen LogP contribution in [0.1, 0.15) is 36.7 Å². The highest BCUT2D eigenvalue weighted by atomic mass is 31.2. The second-order valence-corrected chi connectivity index (χ2v) is 12.9. The van der Waals surface area contributed by atoms with Crippen LogP contribution in [-0.4, -0.2) is 32.8 Å². The molecule has 1 aliphatic carbocycles. The van der Waals surface area contributed by atoms with Crippen LogP contribution in [0.5, 0.6) is 5.75 Å². The van der Waals surface area contributed by atoms with Crippen molar-refractivity contribution in [2.45, 2.75) is 43.2 Å². The Kier molecular flexibility index (Phi) is 6.34. The lowest BCUT2D eigenvalue weighted by molar-refractivity contribution is -0.0439. The molecule has 2 aliphatic rings. The molecule has 0 bridgehead atoms. The molecule has 4 unspecified atom stereocenters. The van der Waals surface area contributed by atoms with Crippen LogP contribution in [0.2, 0.25) is 0 Å². The van der Waals surface area contributed by atoms with Gasteiger partial charge in [-0.15, -0.1) is 0 Å². The zero-order valence-electron chi connectivity index (χ0n) is 17.5. The fraction of sp³-hybridized carbons (Fsp3) is 0.381. The molecule has 1 saturated carbocycles. The molecule has 1 aliphatic heterocycles. The summed E-state index contributed by atoms with van der Waals surface area (Å²) < 4.78 is 48.1. The van der Waals surface area contributed by atoms with Gasteiger partial charge in [-0.2, -0.15) is 0 Å². The quantitative estimate of drug-likeness (QED) is 0.434. The van der Waals surface area contributed by atoms with Crippen molar-refractivity contribution in [3.63, 3.8) is 0 Å². The van der Waals surface area contributed by atoms with Crippen LogP contribution < -0.4 is 4.74 Å². The number of aliphatic hydroxyl groups is 1. The minimum Gasteiger partial charge on any atom is -0.462 e. The molecular formula is C21H25NO8P2. The largest absolute Gasteiger partial charge is 0.462 e. The number of ether oxygens (including phenoxy) is 2. The van der Waals surface area contributed by atoms with Gasteiger partial charge in [0.15, 0.2) is 6.29 Å². The first-order chi connectivity index (χ1) is 15.1. The number of aromatic nitrogens is 1. The van der Waals surface area contributed by atoms with Crippen molar-refractivity contribution in [3.05, 3.63) is 72.4 Å². The van der Waals surface area contributed by atoms with Crippen LogP contribution in [0.4, 0.5) is 0 Å². The minimum atomic E-state index is -4.79. The van der Waals surface area contributed by atoms with Crippen LogP contribution in [0.15, 0.2) is 61.3 Å². The average Bonchev–Trinajstić information content (AvgIpc) is 2.70. The molecule has 9 nitrogen and oxygen atoms in total. The summed E-state index contributed by atoms with van der Waals surface area (Å²) in [4.78, 5) is 14.5. The number of pyridine rings is 1. The van der Waals surface area contributed by atoms with Gasteiger partial charge in [0.2, 0.25) is 12.5 Å². The molecule has 11 heteroatoms. The van der Waals surface area contributed by atoms with Crippen molar-refractivity contribution in [1.82, 2.24) is 4.98 Å². The van der Waals surface area contributed by atoms with Gasteiger partial charge in [0.1, 0.15) is 11.9 Å². The molecule has 2 fully saturated rings. The summed E-state index contributed by atoms with van der Waals surface area (Å²) in [6, 6.07) is 9.44. The van der Waals surface area contributed by atoms with E-state index in [-0.39, 0.29) is 12.0 Å². The molecule has 4 rings (SSSR count). The fourth-order valence-corrected chi connectivity index (χ4v) is 7.73. The maximum Gasteiger partial charge on any atom is 0.372 e. The zero-order valence-corrected chi connectivity index (χ0v) is 19.3. The average molecular weight is 481 g/mol. The molecule has 1 aromatic carbocycles. The molecule has 4 atom stereocenters. The molecule has 0 amide bonds. The highest BCUT2D eigenvalue weighted by molar-refractivity contribution is 7.75. The van der Waals surface area contributed by atoms with Gasteiger partial charge in [-0.1, -0.05) is 18.2 Å². The topological polar surface area (TPSA) is 124 Å². The van der Waals surface area contributed by atoms with Crippen molar-refractivity contribution < 1.29 is 37.7 Å². The predicted molar refractivity (Wildman–Crippen MR) is 116 cm³/mol. The summed E-state index contributed by atoms with van der Waals surface area (Å²) in [5.41, 5.74) is 0.755. The number of nitrogens with zero attached hydrogens (tertiary/aromatic N) is 1. The standard InChI is InChI=1S/C21H25NO8P2/c1-15(27-18-6-3-7-18)28-19-10-8-17(9-11-19)20-29-31(2,24)21(23,32(25,26)30-20)13-16-5-4-12-22-14-16/h4-5,8-12,14,18,20,23H,1,3,6-7,13H2,2H3,(H,25,26). The van der Waals surface area contributed by atoms with Gasteiger partial charge in [-0.05, 0) is 49.6 Å². The number of hydrogen-bond donors (Lipinski definition) is 2. The van der Waals surface area contributed by atoms with E-state index in [4.69, 9.17) is 18.5 Å². The number of hydrogen-bond acceptors (Lipinski definition) is 8. The van der Waals surface area contributed by atoms with E-state index in [1.54, 1.807) is 36.4 Å². The van der Waals surface area contributed by atoms with Crippen molar-refractivity contribution in [3.8, 4) is 5.75 Å². The first-order valence-corrected chi connectivity index (χ1v) is 13.8. The molecule has 1 aromatic heterocycles. The van der Waals surface area contributed by atoms with Gasteiger partial charge in [-0.3, -0.25) is 23.2 Å². The Bertz CT molecular complexity index is 1040. The van der Waals surface area contributed by atoms with Crippen LogP contribution in [0, 0.1) is 0 Å². The minimum absolute atomic E-state index is 0.133. The summed E-state index contributed by atoms with van der Waals surface area (Å²) in [5.74, 6) is 0.625. The number of rotatable bonds is 7. The van der Waals surface area contributed by atoms with Crippen LogP contribution in [-0.2, 0) is 29.3 Å². The Balaban J connectivity index is 1.48. The molecular weight excluding hydrogens is 456 g/mol. The predicted octanol–water partition coefficient (Wildman–Crippen LogP) is 4.53. The lowest BCUT2D eigenvalue weighted by atomic mass is 9.96. The van der Waals surface area contributed by atoms with Gasteiger partial charge >= 0.3 is 7.60 Å². The lowest BCUT2D eigenvalue weighted by Gasteiger charge is -2.43. The maximum atomic E-state index is 13.3. The number of benzene rings is 1. The smallest absolute Gasteiger partial charge is 0.372 e. The van der Waals surface area contributed by atoms with Crippen molar-refractivity contribution in [2.24, 2.45) is 0 Å². The lowest BCUT2D eigenvalue weighted by Crippen LogP contribution is -2.37. The highest BCUT2D eigenvalue weighted by Gasteiger charge is 2.64. The van der Waals surface area contributed by atoms with E-state index >= 15 is 0 Å². The molecule has 0 radical (unpaired) electrons. The second kappa shape index (κ2) is 8.75. The third kappa shape index (κ3) is 4.55. The normalized spacial score (nSPS) is 32.7. The Morgan fingerprint density at radius 1 is 1.25 bits per heavy atom. The third-order valence-electron chi connectivity index (χ3n) is 5.54. The summed E-state index contributed by atoms with van der Waals surface area (Å²) in [5, 5.41) is 8.39. The Morgan fingerprint density at radius 2 is 1.97 bits per heavy atom. The van der Waals surface area contributed by atoms with Gasteiger partial charge in [-0.25, -0.2) is 0 Å². The molecule has 32 heavy (non-hydrogen) atoms. The fourth-order valence-electron chi connectivity index (χ4n) is 3.39. The van der Waals surface area contributed by atoms with Gasteiger partial charge in [0, 0.05) is 31.0 Å². The Labute approximate surface area is 186 Å². The molecule has 2 aromatic rings. The van der Waals surface area contributed by atoms with Gasteiger partial charge in [0.25, 0.3) is 5.95 Å². The van der Waals surface area contributed by atoms with E-state index in [9.17, 15) is 19.1 Å². The third-order valence-corrected chi connectivity index (χ3v) is 11.0. The SMILES string of the molecule is C=C(Oc1ccc(C2OP(C)(=O)C(O)(Cc3cccnc3)P(=O)(O)O2)cc1)OC1CCC1. The van der Waals surface area contributed by atoms with Crippen molar-refractivity contribution in [2.75, 3.05) is 6.66 Å². The highest BCUT2D eigenvalue weighted by Crippen LogP contribution is 2.79.